The number of hydrogen-bond acceptors (Lipinski definition) is 2. The van der Waals surface area contributed by atoms with Crippen molar-refractivity contribution in [2.75, 3.05) is 13.2 Å². The smallest absolute Gasteiger partial charge is 0.0587 e. The Hall–Kier alpha value is -0.520. The largest absolute Gasteiger partial charge is 0.395 e. The SMILES string of the molecule is CC#CCN[C@H](CO)C(C)C. The fraction of sp³-hybridized carbons (Fsp3) is 0.778. The van der Waals surface area contributed by atoms with Crippen molar-refractivity contribution in [2.45, 2.75) is 26.8 Å². The van der Waals surface area contributed by atoms with Crippen molar-refractivity contribution < 1.29 is 5.11 Å². The third-order valence-corrected chi connectivity index (χ3v) is 1.63. The van der Waals surface area contributed by atoms with Crippen LogP contribution in [-0.4, -0.2) is 24.3 Å². The molecule has 11 heavy (non-hydrogen) atoms. The molecular weight excluding hydrogens is 138 g/mol. The lowest BCUT2D eigenvalue weighted by molar-refractivity contribution is 0.215. The van der Waals surface area contributed by atoms with Crippen LogP contribution in [0.25, 0.3) is 0 Å². The van der Waals surface area contributed by atoms with Gasteiger partial charge in [0.2, 0.25) is 0 Å². The minimum atomic E-state index is 0.177. The maximum Gasteiger partial charge on any atom is 0.0587 e. The molecule has 0 spiro atoms. The summed E-state index contributed by atoms with van der Waals surface area (Å²) in [5, 5.41) is 12.0. The van der Waals surface area contributed by atoms with Crippen LogP contribution in [0, 0.1) is 17.8 Å². The van der Waals surface area contributed by atoms with Gasteiger partial charge in [-0.25, -0.2) is 0 Å². The lowest BCUT2D eigenvalue weighted by Crippen LogP contribution is -2.37. The van der Waals surface area contributed by atoms with E-state index in [4.69, 9.17) is 5.11 Å². The first kappa shape index (κ1) is 10.5. The Morgan fingerprint density at radius 3 is 2.45 bits per heavy atom. The maximum absolute atomic E-state index is 8.89. The second kappa shape index (κ2) is 6.21. The van der Waals surface area contributed by atoms with Crippen molar-refractivity contribution in [1.29, 1.82) is 0 Å². The average molecular weight is 155 g/mol. The molecule has 0 saturated heterocycles. The summed E-state index contributed by atoms with van der Waals surface area (Å²) in [4.78, 5) is 0. The molecule has 2 heteroatoms. The first-order valence-electron chi connectivity index (χ1n) is 3.96. The predicted octanol–water partition coefficient (Wildman–Crippen LogP) is 0.616. The van der Waals surface area contributed by atoms with Gasteiger partial charge in [-0.2, -0.15) is 0 Å². The second-order valence-electron chi connectivity index (χ2n) is 2.84. The van der Waals surface area contributed by atoms with Crippen LogP contribution in [0.2, 0.25) is 0 Å². The Labute approximate surface area is 69.0 Å². The first-order chi connectivity index (χ1) is 5.22. The van der Waals surface area contributed by atoms with E-state index >= 15 is 0 Å². The van der Waals surface area contributed by atoms with E-state index in [0.29, 0.717) is 12.5 Å². The van der Waals surface area contributed by atoms with Gasteiger partial charge in [-0.15, -0.1) is 5.92 Å². The van der Waals surface area contributed by atoms with Gasteiger partial charge in [0.25, 0.3) is 0 Å². The highest BCUT2D eigenvalue weighted by atomic mass is 16.3. The minimum Gasteiger partial charge on any atom is -0.395 e. The highest BCUT2D eigenvalue weighted by molar-refractivity contribution is 4.97. The molecule has 0 bridgehead atoms. The van der Waals surface area contributed by atoms with Crippen LogP contribution in [0.15, 0.2) is 0 Å². The lowest BCUT2D eigenvalue weighted by atomic mass is 10.1. The molecule has 0 fully saturated rings. The topological polar surface area (TPSA) is 32.3 Å². The molecule has 1 atom stereocenters. The molecule has 2 N–H and O–H groups in total. The van der Waals surface area contributed by atoms with Crippen LogP contribution < -0.4 is 5.32 Å². The summed E-state index contributed by atoms with van der Waals surface area (Å²) in [7, 11) is 0. The van der Waals surface area contributed by atoms with E-state index in [0.717, 1.165) is 0 Å². The molecule has 0 aliphatic rings. The summed E-state index contributed by atoms with van der Waals surface area (Å²) in [6, 6.07) is 0.177. The van der Waals surface area contributed by atoms with Crippen LogP contribution in [0.3, 0.4) is 0 Å². The molecule has 0 aromatic heterocycles. The van der Waals surface area contributed by atoms with E-state index < -0.39 is 0 Å². The molecule has 0 aromatic rings. The molecule has 0 radical (unpaired) electrons. The molecule has 0 aliphatic heterocycles. The van der Waals surface area contributed by atoms with E-state index in [1.54, 1.807) is 0 Å². The number of aliphatic hydroxyl groups is 1. The van der Waals surface area contributed by atoms with Gasteiger partial charge >= 0.3 is 0 Å². The molecule has 0 aromatic carbocycles. The Bertz CT molecular complexity index is 143. The van der Waals surface area contributed by atoms with Crippen molar-refractivity contribution >= 4 is 0 Å². The van der Waals surface area contributed by atoms with E-state index in [1.165, 1.54) is 0 Å². The van der Waals surface area contributed by atoms with Gasteiger partial charge in [0.1, 0.15) is 0 Å². The van der Waals surface area contributed by atoms with Crippen molar-refractivity contribution in [1.82, 2.24) is 5.32 Å². The van der Waals surface area contributed by atoms with Gasteiger partial charge in [-0.05, 0) is 12.8 Å². The average Bonchev–Trinajstić information content (AvgIpc) is 1.97. The minimum absolute atomic E-state index is 0.177. The highest BCUT2D eigenvalue weighted by Crippen LogP contribution is 1.98. The summed E-state index contributed by atoms with van der Waals surface area (Å²) < 4.78 is 0. The van der Waals surface area contributed by atoms with E-state index in [9.17, 15) is 0 Å². The third-order valence-electron chi connectivity index (χ3n) is 1.63. The standard InChI is InChI=1S/C9H17NO/c1-4-5-6-10-9(7-11)8(2)3/h8-11H,6-7H2,1-3H3/t9-/m1/s1. The monoisotopic (exact) mass is 155 g/mol. The van der Waals surface area contributed by atoms with E-state index in [-0.39, 0.29) is 12.6 Å². The Morgan fingerprint density at radius 2 is 2.09 bits per heavy atom. The van der Waals surface area contributed by atoms with Crippen LogP contribution >= 0.6 is 0 Å². The molecule has 0 aliphatic carbocycles. The molecule has 0 unspecified atom stereocenters. The lowest BCUT2D eigenvalue weighted by Gasteiger charge is -2.17. The molecule has 0 saturated carbocycles. The van der Waals surface area contributed by atoms with Crippen LogP contribution in [0.4, 0.5) is 0 Å². The predicted molar refractivity (Wildman–Crippen MR) is 47.2 cm³/mol. The van der Waals surface area contributed by atoms with Crippen molar-refractivity contribution in [2.24, 2.45) is 5.92 Å². The van der Waals surface area contributed by atoms with Crippen molar-refractivity contribution in [3.8, 4) is 11.8 Å². The summed E-state index contributed by atoms with van der Waals surface area (Å²) in [6.07, 6.45) is 0. The Morgan fingerprint density at radius 1 is 1.45 bits per heavy atom. The van der Waals surface area contributed by atoms with Crippen molar-refractivity contribution in [3.05, 3.63) is 0 Å². The third kappa shape index (κ3) is 4.83. The summed E-state index contributed by atoms with van der Waals surface area (Å²) in [5.74, 6) is 6.14. The Balaban J connectivity index is 3.58. The van der Waals surface area contributed by atoms with Gasteiger partial charge in [-0.1, -0.05) is 19.8 Å². The number of hydrogen-bond donors (Lipinski definition) is 2. The highest BCUT2D eigenvalue weighted by Gasteiger charge is 2.09. The number of rotatable bonds is 4. The zero-order chi connectivity index (χ0) is 8.69. The van der Waals surface area contributed by atoms with E-state index in [2.05, 4.69) is 31.0 Å². The Kier molecular flexibility index (Phi) is 5.91. The molecule has 2 nitrogen and oxygen atoms in total. The molecule has 0 heterocycles. The number of nitrogens with one attached hydrogen (secondary N) is 1. The summed E-state index contributed by atoms with van der Waals surface area (Å²) in [6.45, 7) is 6.81. The molecule has 0 rings (SSSR count). The molecular formula is C9H17NO. The molecule has 64 valence electrons. The normalized spacial score (nSPS) is 12.5. The van der Waals surface area contributed by atoms with Gasteiger partial charge in [0.05, 0.1) is 13.2 Å². The fourth-order valence-corrected chi connectivity index (χ4v) is 0.782. The zero-order valence-electron chi connectivity index (χ0n) is 7.52. The van der Waals surface area contributed by atoms with Gasteiger partial charge < -0.3 is 10.4 Å². The first-order valence-corrected chi connectivity index (χ1v) is 3.96. The number of aliphatic hydroxyl groups excluding tert-OH is 1. The summed E-state index contributed by atoms with van der Waals surface area (Å²) in [5.41, 5.74) is 0. The maximum atomic E-state index is 8.89. The van der Waals surface area contributed by atoms with Crippen LogP contribution in [0.1, 0.15) is 20.8 Å². The van der Waals surface area contributed by atoms with Crippen LogP contribution in [0.5, 0.6) is 0 Å². The van der Waals surface area contributed by atoms with Crippen molar-refractivity contribution in [3.63, 3.8) is 0 Å². The van der Waals surface area contributed by atoms with Gasteiger partial charge in [-0.3, -0.25) is 0 Å². The quantitative estimate of drug-likeness (QED) is 0.583. The zero-order valence-corrected chi connectivity index (χ0v) is 7.52. The summed E-state index contributed by atoms with van der Waals surface area (Å²) >= 11 is 0. The second-order valence-corrected chi connectivity index (χ2v) is 2.84. The van der Waals surface area contributed by atoms with Gasteiger partial charge in [0, 0.05) is 6.04 Å². The van der Waals surface area contributed by atoms with Gasteiger partial charge in [0.15, 0.2) is 0 Å². The fourth-order valence-electron chi connectivity index (χ4n) is 0.782. The van der Waals surface area contributed by atoms with Crippen LogP contribution in [-0.2, 0) is 0 Å². The van der Waals surface area contributed by atoms with E-state index in [1.807, 2.05) is 6.92 Å². The molecule has 0 amide bonds.